The second-order valence-electron chi connectivity index (χ2n) is 3.25. The molecule has 0 aliphatic rings. The molecule has 0 radical (unpaired) electrons. The van der Waals surface area contributed by atoms with Crippen LogP contribution < -0.4 is 5.84 Å². The van der Waals surface area contributed by atoms with Gasteiger partial charge >= 0.3 is 0 Å². The molecule has 0 fully saturated rings. The van der Waals surface area contributed by atoms with E-state index in [1.165, 1.54) is 5.56 Å². The third-order valence-corrected chi connectivity index (χ3v) is 1.87. The second kappa shape index (κ2) is 8.06. The Balaban J connectivity index is 0. The molecule has 2 nitrogen and oxygen atoms in total. The van der Waals surface area contributed by atoms with Crippen molar-refractivity contribution in [1.82, 2.24) is 5.01 Å². The van der Waals surface area contributed by atoms with Crippen molar-refractivity contribution < 1.29 is 0 Å². The standard InChI is InChI=1S/C10H16N2.2ClH/c1-9(2)12(11)8-10-6-4-3-5-7-10;;/h3-7,9H,8,11H2,1-2H3;2*1H. The van der Waals surface area contributed by atoms with Crippen molar-refractivity contribution in [3.63, 3.8) is 0 Å². The highest BCUT2D eigenvalue weighted by molar-refractivity contribution is 5.85. The summed E-state index contributed by atoms with van der Waals surface area (Å²) in [6.45, 7) is 4.99. The number of rotatable bonds is 3. The third kappa shape index (κ3) is 5.45. The molecule has 4 heteroatoms. The highest BCUT2D eigenvalue weighted by Gasteiger charge is 2.03. The fourth-order valence-electron chi connectivity index (χ4n) is 0.977. The molecule has 1 aromatic carbocycles. The van der Waals surface area contributed by atoms with E-state index in [1.54, 1.807) is 0 Å². The van der Waals surface area contributed by atoms with Crippen molar-refractivity contribution in [3.8, 4) is 0 Å². The smallest absolute Gasteiger partial charge is 0.0382 e. The fourth-order valence-corrected chi connectivity index (χ4v) is 0.977. The van der Waals surface area contributed by atoms with E-state index in [9.17, 15) is 0 Å². The van der Waals surface area contributed by atoms with E-state index in [4.69, 9.17) is 5.84 Å². The summed E-state index contributed by atoms with van der Waals surface area (Å²) in [5.74, 6) is 5.78. The minimum atomic E-state index is 0. The summed E-state index contributed by atoms with van der Waals surface area (Å²) in [5, 5.41) is 1.83. The van der Waals surface area contributed by atoms with Crippen molar-refractivity contribution in [2.45, 2.75) is 26.4 Å². The molecule has 82 valence electrons. The van der Waals surface area contributed by atoms with Crippen LogP contribution in [0.5, 0.6) is 0 Å². The highest BCUT2D eigenvalue weighted by atomic mass is 35.5. The monoisotopic (exact) mass is 236 g/mol. The van der Waals surface area contributed by atoms with E-state index >= 15 is 0 Å². The summed E-state index contributed by atoms with van der Waals surface area (Å²) >= 11 is 0. The lowest BCUT2D eigenvalue weighted by atomic mass is 10.2. The fraction of sp³-hybridized carbons (Fsp3) is 0.400. The van der Waals surface area contributed by atoms with Crippen LogP contribution in [0.25, 0.3) is 0 Å². The lowest BCUT2D eigenvalue weighted by Crippen LogP contribution is -2.36. The van der Waals surface area contributed by atoms with E-state index in [0.717, 1.165) is 6.54 Å². The molecule has 0 amide bonds. The van der Waals surface area contributed by atoms with Gasteiger partial charge in [0.1, 0.15) is 0 Å². The molecule has 0 aromatic heterocycles. The van der Waals surface area contributed by atoms with Gasteiger partial charge in [0.15, 0.2) is 0 Å². The number of nitrogens with zero attached hydrogens (tertiary/aromatic N) is 1. The quantitative estimate of drug-likeness (QED) is 0.646. The molecule has 0 aliphatic heterocycles. The van der Waals surface area contributed by atoms with Crippen molar-refractivity contribution >= 4 is 24.8 Å². The molecule has 0 saturated carbocycles. The maximum Gasteiger partial charge on any atom is 0.0382 e. The van der Waals surface area contributed by atoms with Crippen LogP contribution in [0.3, 0.4) is 0 Å². The minimum Gasteiger partial charge on any atom is -0.268 e. The maximum absolute atomic E-state index is 5.78. The van der Waals surface area contributed by atoms with Crippen LogP contribution >= 0.6 is 24.8 Å². The van der Waals surface area contributed by atoms with Crippen LogP contribution in [0.1, 0.15) is 19.4 Å². The van der Waals surface area contributed by atoms with Crippen LogP contribution in [0.2, 0.25) is 0 Å². The zero-order chi connectivity index (χ0) is 8.97. The zero-order valence-electron chi connectivity index (χ0n) is 8.51. The Morgan fingerprint density at radius 2 is 1.64 bits per heavy atom. The van der Waals surface area contributed by atoms with E-state index in [2.05, 4.69) is 26.0 Å². The molecule has 0 bridgehead atoms. The number of nitrogens with two attached hydrogens (primary N) is 1. The first-order chi connectivity index (χ1) is 5.70. The summed E-state index contributed by atoms with van der Waals surface area (Å²) < 4.78 is 0. The Kier molecular flexibility index (Phi) is 9.31. The molecule has 0 aliphatic carbocycles. The van der Waals surface area contributed by atoms with Crippen molar-refractivity contribution in [2.75, 3.05) is 0 Å². The van der Waals surface area contributed by atoms with Gasteiger partial charge in [0.25, 0.3) is 0 Å². The van der Waals surface area contributed by atoms with Crippen LogP contribution in [-0.4, -0.2) is 11.1 Å². The van der Waals surface area contributed by atoms with Crippen LogP contribution in [0.15, 0.2) is 30.3 Å². The SMILES string of the molecule is CC(C)N(N)Cc1ccccc1.Cl.Cl. The van der Waals surface area contributed by atoms with Gasteiger partial charge in [0.05, 0.1) is 0 Å². The van der Waals surface area contributed by atoms with Gasteiger partial charge in [-0.2, -0.15) is 0 Å². The number of hydrazine groups is 1. The summed E-state index contributed by atoms with van der Waals surface area (Å²) in [5.41, 5.74) is 1.26. The lowest BCUT2D eigenvalue weighted by molar-refractivity contribution is 0.219. The average molecular weight is 237 g/mol. The molecular formula is C10H18Cl2N2. The summed E-state index contributed by atoms with van der Waals surface area (Å²) in [4.78, 5) is 0. The van der Waals surface area contributed by atoms with Crippen LogP contribution in [0, 0.1) is 0 Å². The largest absolute Gasteiger partial charge is 0.268 e. The predicted octanol–water partition coefficient (Wildman–Crippen LogP) is 2.61. The first-order valence-electron chi connectivity index (χ1n) is 4.25. The zero-order valence-corrected chi connectivity index (χ0v) is 10.1. The van der Waals surface area contributed by atoms with E-state index in [-0.39, 0.29) is 24.8 Å². The van der Waals surface area contributed by atoms with Crippen LogP contribution in [0.4, 0.5) is 0 Å². The third-order valence-electron chi connectivity index (χ3n) is 1.87. The minimum absolute atomic E-state index is 0. The number of halogens is 2. The lowest BCUT2D eigenvalue weighted by Gasteiger charge is -2.20. The van der Waals surface area contributed by atoms with Crippen LogP contribution in [-0.2, 0) is 6.54 Å². The van der Waals surface area contributed by atoms with Gasteiger partial charge in [0, 0.05) is 12.6 Å². The van der Waals surface area contributed by atoms with Crippen molar-refractivity contribution in [3.05, 3.63) is 35.9 Å². The summed E-state index contributed by atoms with van der Waals surface area (Å²) in [7, 11) is 0. The Labute approximate surface area is 98.3 Å². The molecule has 0 unspecified atom stereocenters. The van der Waals surface area contributed by atoms with Gasteiger partial charge in [-0.1, -0.05) is 30.3 Å². The molecule has 1 aromatic rings. The molecule has 0 heterocycles. The Morgan fingerprint density at radius 3 is 2.07 bits per heavy atom. The van der Waals surface area contributed by atoms with Gasteiger partial charge < -0.3 is 0 Å². The van der Waals surface area contributed by atoms with Gasteiger partial charge in [-0.15, -0.1) is 24.8 Å². The molecule has 2 N–H and O–H groups in total. The van der Waals surface area contributed by atoms with E-state index in [1.807, 2.05) is 23.2 Å². The van der Waals surface area contributed by atoms with E-state index < -0.39 is 0 Å². The predicted molar refractivity (Wildman–Crippen MR) is 65.8 cm³/mol. The van der Waals surface area contributed by atoms with Crippen molar-refractivity contribution in [1.29, 1.82) is 0 Å². The van der Waals surface area contributed by atoms with E-state index in [0.29, 0.717) is 6.04 Å². The first-order valence-corrected chi connectivity index (χ1v) is 4.25. The number of benzene rings is 1. The normalized spacial score (nSPS) is 9.50. The van der Waals surface area contributed by atoms with Crippen molar-refractivity contribution in [2.24, 2.45) is 5.84 Å². The molecular weight excluding hydrogens is 219 g/mol. The maximum atomic E-state index is 5.78. The van der Waals surface area contributed by atoms with Gasteiger partial charge in [-0.3, -0.25) is 5.84 Å². The molecule has 0 saturated heterocycles. The Hall–Kier alpha value is -0.280. The van der Waals surface area contributed by atoms with Gasteiger partial charge in [-0.05, 0) is 19.4 Å². The molecule has 1 rings (SSSR count). The molecule has 0 atom stereocenters. The Bertz CT molecular complexity index is 227. The van der Waals surface area contributed by atoms with Gasteiger partial charge in [0.2, 0.25) is 0 Å². The Morgan fingerprint density at radius 1 is 1.14 bits per heavy atom. The molecule has 0 spiro atoms. The number of hydrogen-bond acceptors (Lipinski definition) is 2. The first kappa shape index (κ1) is 16.2. The molecule has 14 heavy (non-hydrogen) atoms. The average Bonchev–Trinajstić information content (AvgIpc) is 2.06. The summed E-state index contributed by atoms with van der Waals surface area (Å²) in [6.07, 6.45) is 0. The highest BCUT2D eigenvalue weighted by Crippen LogP contribution is 2.03. The number of hydrogen-bond donors (Lipinski definition) is 1. The summed E-state index contributed by atoms with van der Waals surface area (Å²) in [6, 6.07) is 10.6. The van der Waals surface area contributed by atoms with Gasteiger partial charge in [-0.25, -0.2) is 5.01 Å². The topological polar surface area (TPSA) is 29.3 Å². The second-order valence-corrected chi connectivity index (χ2v) is 3.25.